The molecule has 0 aliphatic carbocycles. The maximum atomic E-state index is 4.37. The first-order valence-corrected chi connectivity index (χ1v) is 5.03. The zero-order chi connectivity index (χ0) is 9.80. The highest BCUT2D eigenvalue weighted by atomic mass is 15.0. The Morgan fingerprint density at radius 3 is 3.14 bits per heavy atom. The lowest BCUT2D eigenvalue weighted by Crippen LogP contribution is -2.21. The zero-order valence-corrected chi connectivity index (χ0v) is 8.45. The van der Waals surface area contributed by atoms with Crippen LogP contribution in [0.15, 0.2) is 23.5 Å². The fourth-order valence-electron chi connectivity index (χ4n) is 1.58. The minimum Gasteiger partial charge on any atom is -0.370 e. The van der Waals surface area contributed by atoms with Crippen LogP contribution in [0.5, 0.6) is 0 Å². The van der Waals surface area contributed by atoms with E-state index >= 15 is 0 Å². The Labute approximate surface area is 84.3 Å². The van der Waals surface area contributed by atoms with E-state index in [2.05, 4.69) is 28.3 Å². The van der Waals surface area contributed by atoms with Crippen LogP contribution in [0, 0.1) is 6.92 Å². The summed E-state index contributed by atoms with van der Waals surface area (Å²) in [4.78, 5) is 8.44. The first kappa shape index (κ1) is 9.19. The predicted molar refractivity (Wildman–Crippen MR) is 57.3 cm³/mol. The van der Waals surface area contributed by atoms with Gasteiger partial charge in [0.25, 0.3) is 0 Å². The first-order chi connectivity index (χ1) is 6.86. The summed E-state index contributed by atoms with van der Waals surface area (Å²) in [5, 5.41) is 3.36. The van der Waals surface area contributed by atoms with Crippen molar-refractivity contribution < 1.29 is 0 Å². The SMILES string of the molecule is Cc1cnccc1CNC1=NCCC1. The Bertz CT molecular complexity index is 344. The van der Waals surface area contributed by atoms with Gasteiger partial charge in [0.1, 0.15) is 0 Å². The molecule has 3 heteroatoms. The van der Waals surface area contributed by atoms with Crippen molar-refractivity contribution in [2.24, 2.45) is 4.99 Å². The van der Waals surface area contributed by atoms with Gasteiger partial charge in [-0.3, -0.25) is 9.98 Å². The number of aromatic nitrogens is 1. The molecule has 0 bridgehead atoms. The standard InChI is InChI=1S/C11H15N3/c1-9-7-12-6-4-10(9)8-14-11-3-2-5-13-11/h4,6-7H,2-3,5,8H2,1H3,(H,13,14). The van der Waals surface area contributed by atoms with Gasteiger partial charge < -0.3 is 5.32 Å². The van der Waals surface area contributed by atoms with E-state index in [9.17, 15) is 0 Å². The third-order valence-electron chi connectivity index (χ3n) is 2.49. The highest BCUT2D eigenvalue weighted by molar-refractivity contribution is 5.83. The maximum absolute atomic E-state index is 4.37. The van der Waals surface area contributed by atoms with E-state index in [4.69, 9.17) is 0 Å². The fourth-order valence-corrected chi connectivity index (χ4v) is 1.58. The van der Waals surface area contributed by atoms with Gasteiger partial charge in [0.15, 0.2) is 0 Å². The van der Waals surface area contributed by atoms with Crippen molar-refractivity contribution in [1.82, 2.24) is 10.3 Å². The lowest BCUT2D eigenvalue weighted by Gasteiger charge is -2.07. The first-order valence-electron chi connectivity index (χ1n) is 5.03. The summed E-state index contributed by atoms with van der Waals surface area (Å²) >= 11 is 0. The molecule has 0 radical (unpaired) electrons. The van der Waals surface area contributed by atoms with Crippen molar-refractivity contribution in [2.45, 2.75) is 26.3 Å². The van der Waals surface area contributed by atoms with Crippen LogP contribution in [0.3, 0.4) is 0 Å². The molecule has 3 nitrogen and oxygen atoms in total. The number of aryl methyl sites for hydroxylation is 1. The van der Waals surface area contributed by atoms with E-state index in [1.807, 2.05) is 12.4 Å². The molecule has 1 aromatic heterocycles. The number of hydrogen-bond acceptors (Lipinski definition) is 3. The molecule has 0 spiro atoms. The minimum absolute atomic E-state index is 0.868. The summed E-state index contributed by atoms with van der Waals surface area (Å²) in [5.41, 5.74) is 2.54. The van der Waals surface area contributed by atoms with Gasteiger partial charge in [-0.15, -0.1) is 0 Å². The molecule has 0 atom stereocenters. The summed E-state index contributed by atoms with van der Waals surface area (Å²) < 4.78 is 0. The van der Waals surface area contributed by atoms with Crippen LogP contribution in [-0.2, 0) is 6.54 Å². The van der Waals surface area contributed by atoms with E-state index in [0.29, 0.717) is 0 Å². The van der Waals surface area contributed by atoms with Crippen LogP contribution in [0.1, 0.15) is 24.0 Å². The highest BCUT2D eigenvalue weighted by Gasteiger charge is 2.05. The predicted octanol–water partition coefficient (Wildman–Crippen LogP) is 1.67. The molecule has 2 rings (SSSR count). The summed E-state index contributed by atoms with van der Waals surface area (Å²) in [6.45, 7) is 3.94. The van der Waals surface area contributed by atoms with Crippen molar-refractivity contribution in [2.75, 3.05) is 6.54 Å². The summed E-state index contributed by atoms with van der Waals surface area (Å²) in [7, 11) is 0. The zero-order valence-electron chi connectivity index (χ0n) is 8.45. The van der Waals surface area contributed by atoms with E-state index in [1.165, 1.54) is 17.5 Å². The Hall–Kier alpha value is -1.38. The monoisotopic (exact) mass is 189 g/mol. The van der Waals surface area contributed by atoms with E-state index in [1.54, 1.807) is 0 Å². The molecule has 0 fully saturated rings. The van der Waals surface area contributed by atoms with Gasteiger partial charge in [-0.2, -0.15) is 0 Å². The second-order valence-electron chi connectivity index (χ2n) is 3.59. The molecule has 0 saturated carbocycles. The van der Waals surface area contributed by atoms with Crippen molar-refractivity contribution in [1.29, 1.82) is 0 Å². The van der Waals surface area contributed by atoms with Crippen molar-refractivity contribution in [3.05, 3.63) is 29.6 Å². The molecule has 0 amide bonds. The van der Waals surface area contributed by atoms with Crippen molar-refractivity contribution >= 4 is 5.84 Å². The van der Waals surface area contributed by atoms with Crippen LogP contribution in [0.25, 0.3) is 0 Å². The third kappa shape index (κ3) is 2.10. The molecule has 2 heterocycles. The Morgan fingerprint density at radius 1 is 1.50 bits per heavy atom. The highest BCUT2D eigenvalue weighted by Crippen LogP contribution is 2.06. The van der Waals surface area contributed by atoms with E-state index < -0.39 is 0 Å². The molecule has 0 aromatic carbocycles. The lowest BCUT2D eigenvalue weighted by atomic mass is 10.1. The normalized spacial score (nSPS) is 15.4. The van der Waals surface area contributed by atoms with Crippen LogP contribution < -0.4 is 5.32 Å². The molecule has 74 valence electrons. The molecule has 0 saturated heterocycles. The van der Waals surface area contributed by atoms with Gasteiger partial charge in [-0.1, -0.05) is 0 Å². The van der Waals surface area contributed by atoms with Crippen LogP contribution in [-0.4, -0.2) is 17.4 Å². The summed E-state index contributed by atoms with van der Waals surface area (Å²) in [5.74, 6) is 1.15. The Kier molecular flexibility index (Phi) is 2.77. The number of nitrogens with zero attached hydrogens (tertiary/aromatic N) is 2. The molecule has 1 aromatic rings. The maximum Gasteiger partial charge on any atom is 0.0966 e. The van der Waals surface area contributed by atoms with Crippen molar-refractivity contribution in [3.8, 4) is 0 Å². The van der Waals surface area contributed by atoms with Crippen LogP contribution >= 0.6 is 0 Å². The second-order valence-corrected chi connectivity index (χ2v) is 3.59. The Balaban J connectivity index is 1.94. The van der Waals surface area contributed by atoms with E-state index in [-0.39, 0.29) is 0 Å². The smallest absolute Gasteiger partial charge is 0.0966 e. The number of nitrogens with one attached hydrogen (secondary N) is 1. The van der Waals surface area contributed by atoms with Crippen LogP contribution in [0.2, 0.25) is 0 Å². The van der Waals surface area contributed by atoms with Gasteiger partial charge in [-0.05, 0) is 30.5 Å². The van der Waals surface area contributed by atoms with Gasteiger partial charge in [0.05, 0.1) is 5.84 Å². The molecule has 14 heavy (non-hydrogen) atoms. The van der Waals surface area contributed by atoms with Gasteiger partial charge >= 0.3 is 0 Å². The number of aliphatic imine (C=N–C) groups is 1. The molecular weight excluding hydrogens is 174 g/mol. The van der Waals surface area contributed by atoms with E-state index in [0.717, 1.165) is 25.3 Å². The molecule has 1 aliphatic rings. The topological polar surface area (TPSA) is 37.3 Å². The molecule has 1 N–H and O–H groups in total. The lowest BCUT2D eigenvalue weighted by molar-refractivity contribution is 0.878. The molecule has 0 unspecified atom stereocenters. The van der Waals surface area contributed by atoms with Gasteiger partial charge in [0, 0.05) is 31.9 Å². The fraction of sp³-hybridized carbons (Fsp3) is 0.455. The number of rotatable bonds is 2. The van der Waals surface area contributed by atoms with Gasteiger partial charge in [0.2, 0.25) is 0 Å². The minimum atomic E-state index is 0.868. The third-order valence-corrected chi connectivity index (χ3v) is 2.49. The summed E-state index contributed by atoms with van der Waals surface area (Å²) in [6, 6.07) is 2.05. The second kappa shape index (κ2) is 4.22. The Morgan fingerprint density at radius 2 is 2.43 bits per heavy atom. The molecule has 1 aliphatic heterocycles. The largest absolute Gasteiger partial charge is 0.370 e. The number of amidine groups is 1. The molecular formula is C11H15N3. The van der Waals surface area contributed by atoms with Crippen LogP contribution in [0.4, 0.5) is 0 Å². The number of hydrogen-bond donors (Lipinski definition) is 1. The van der Waals surface area contributed by atoms with Gasteiger partial charge in [-0.25, -0.2) is 0 Å². The quantitative estimate of drug-likeness (QED) is 0.768. The number of pyridine rings is 1. The van der Waals surface area contributed by atoms with Crippen molar-refractivity contribution in [3.63, 3.8) is 0 Å². The average molecular weight is 189 g/mol. The average Bonchev–Trinajstić information content (AvgIpc) is 2.69. The summed E-state index contributed by atoms with van der Waals surface area (Å²) in [6.07, 6.45) is 6.02.